The van der Waals surface area contributed by atoms with Crippen molar-refractivity contribution in [1.29, 1.82) is 0 Å². The Morgan fingerprint density at radius 2 is 2.20 bits per heavy atom. The Labute approximate surface area is 115 Å². The molecule has 0 spiro atoms. The van der Waals surface area contributed by atoms with E-state index in [9.17, 15) is 5.11 Å². The Morgan fingerprint density at radius 1 is 1.40 bits per heavy atom. The van der Waals surface area contributed by atoms with Crippen LogP contribution in [0.15, 0.2) is 35.4 Å². The summed E-state index contributed by atoms with van der Waals surface area (Å²) in [5.41, 5.74) is 9.55. The van der Waals surface area contributed by atoms with Gasteiger partial charge in [0, 0.05) is 4.91 Å². The molecule has 0 aliphatic carbocycles. The first-order valence-corrected chi connectivity index (χ1v) is 6.44. The molecule has 0 amide bonds. The number of hydrogen-bond donors (Lipinski definition) is 1. The molecular weight excluding hydrogens is 262 g/mol. The molecule has 5 atom stereocenters. The first kappa shape index (κ1) is 13.4. The summed E-state index contributed by atoms with van der Waals surface area (Å²) in [5, 5.41) is 13.8. The minimum Gasteiger partial charge on any atom is -0.390 e. The molecule has 2 fully saturated rings. The minimum atomic E-state index is -0.930. The molecule has 1 N–H and O–H groups in total. The summed E-state index contributed by atoms with van der Waals surface area (Å²) in [5.74, 6) is 0. The van der Waals surface area contributed by atoms with Gasteiger partial charge in [0.05, 0.1) is 19.3 Å². The first-order chi connectivity index (χ1) is 9.79. The third-order valence-corrected chi connectivity index (χ3v) is 3.54. The van der Waals surface area contributed by atoms with Crippen LogP contribution in [-0.2, 0) is 20.8 Å². The zero-order valence-electron chi connectivity index (χ0n) is 10.7. The molecule has 20 heavy (non-hydrogen) atoms. The summed E-state index contributed by atoms with van der Waals surface area (Å²) in [6.45, 7) is 0.689. The molecule has 0 unspecified atom stereocenters. The molecule has 0 radical (unpaired) electrons. The quantitative estimate of drug-likeness (QED) is 0.510. The predicted molar refractivity (Wildman–Crippen MR) is 68.6 cm³/mol. The van der Waals surface area contributed by atoms with E-state index in [4.69, 9.17) is 19.7 Å². The monoisotopic (exact) mass is 277 g/mol. The van der Waals surface area contributed by atoms with Gasteiger partial charge in [0.1, 0.15) is 18.2 Å². The number of aliphatic hydroxyl groups is 1. The molecule has 106 valence electrons. The Bertz CT molecular complexity index is 506. The largest absolute Gasteiger partial charge is 0.390 e. The molecule has 0 saturated carbocycles. The summed E-state index contributed by atoms with van der Waals surface area (Å²) < 4.78 is 16.7. The van der Waals surface area contributed by atoms with E-state index in [-0.39, 0.29) is 6.10 Å². The van der Waals surface area contributed by atoms with E-state index < -0.39 is 24.5 Å². The van der Waals surface area contributed by atoms with Crippen molar-refractivity contribution in [1.82, 2.24) is 0 Å². The van der Waals surface area contributed by atoms with Crippen LogP contribution in [-0.4, -0.2) is 42.4 Å². The molecule has 2 aliphatic rings. The Balaban J connectivity index is 1.70. The van der Waals surface area contributed by atoms with Gasteiger partial charge >= 0.3 is 0 Å². The van der Waals surface area contributed by atoms with Gasteiger partial charge in [-0.2, -0.15) is 0 Å². The van der Waals surface area contributed by atoms with E-state index in [0.29, 0.717) is 13.2 Å². The van der Waals surface area contributed by atoms with Crippen LogP contribution in [0.3, 0.4) is 0 Å². The fraction of sp³-hybridized carbons (Fsp3) is 0.538. The zero-order valence-corrected chi connectivity index (χ0v) is 10.7. The maximum atomic E-state index is 10.3. The molecule has 2 bridgehead atoms. The third kappa shape index (κ3) is 2.49. The van der Waals surface area contributed by atoms with Crippen molar-refractivity contribution in [2.75, 3.05) is 6.61 Å². The number of benzene rings is 1. The van der Waals surface area contributed by atoms with Gasteiger partial charge in [-0.05, 0) is 11.1 Å². The van der Waals surface area contributed by atoms with E-state index in [2.05, 4.69) is 10.0 Å². The lowest BCUT2D eigenvalue weighted by atomic mass is 9.99. The molecule has 3 rings (SSSR count). The van der Waals surface area contributed by atoms with Crippen molar-refractivity contribution in [3.05, 3.63) is 46.3 Å². The minimum absolute atomic E-state index is 0.330. The maximum Gasteiger partial charge on any atom is 0.169 e. The van der Waals surface area contributed by atoms with Crippen LogP contribution in [0.25, 0.3) is 10.4 Å². The molecular formula is C13H15N3O4. The van der Waals surface area contributed by atoms with Crippen LogP contribution in [0.5, 0.6) is 0 Å². The summed E-state index contributed by atoms with van der Waals surface area (Å²) >= 11 is 0. The summed E-state index contributed by atoms with van der Waals surface area (Å²) in [6.07, 6.45) is -2.50. The molecule has 2 aliphatic heterocycles. The van der Waals surface area contributed by atoms with Crippen molar-refractivity contribution in [2.24, 2.45) is 5.11 Å². The highest BCUT2D eigenvalue weighted by atomic mass is 16.7. The molecule has 7 nitrogen and oxygen atoms in total. The second kappa shape index (κ2) is 5.78. The number of hydrogen-bond acceptors (Lipinski definition) is 5. The Morgan fingerprint density at radius 3 is 2.95 bits per heavy atom. The third-order valence-electron chi connectivity index (χ3n) is 3.54. The van der Waals surface area contributed by atoms with Gasteiger partial charge in [-0.1, -0.05) is 35.4 Å². The van der Waals surface area contributed by atoms with E-state index in [1.165, 1.54) is 0 Å². The maximum absolute atomic E-state index is 10.3. The Hall–Kier alpha value is -1.63. The summed E-state index contributed by atoms with van der Waals surface area (Å²) in [6, 6.07) is 8.87. The highest BCUT2D eigenvalue weighted by Gasteiger charge is 2.50. The van der Waals surface area contributed by atoms with Gasteiger partial charge in [-0.25, -0.2) is 0 Å². The lowest BCUT2D eigenvalue weighted by Gasteiger charge is -2.35. The lowest BCUT2D eigenvalue weighted by Crippen LogP contribution is -2.53. The number of aliphatic hydroxyl groups excluding tert-OH is 1. The van der Waals surface area contributed by atoms with Crippen LogP contribution in [0.2, 0.25) is 0 Å². The van der Waals surface area contributed by atoms with Crippen LogP contribution >= 0.6 is 0 Å². The van der Waals surface area contributed by atoms with Crippen LogP contribution in [0, 0.1) is 0 Å². The van der Waals surface area contributed by atoms with E-state index in [1.807, 2.05) is 30.3 Å². The lowest BCUT2D eigenvalue weighted by molar-refractivity contribution is -0.195. The zero-order chi connectivity index (χ0) is 13.9. The molecule has 0 aromatic heterocycles. The molecule has 1 aromatic rings. The number of nitrogens with zero attached hydrogens (tertiary/aromatic N) is 3. The van der Waals surface area contributed by atoms with E-state index in [1.54, 1.807) is 0 Å². The van der Waals surface area contributed by atoms with Gasteiger partial charge in [0.25, 0.3) is 0 Å². The smallest absolute Gasteiger partial charge is 0.169 e. The SMILES string of the molecule is [N-]=[N+]=N[C@@H]1[C@@H]2OC[C@@H](O2)[C@@H](OCc2ccccc2)[C@@H]1O. The first-order valence-electron chi connectivity index (χ1n) is 6.44. The van der Waals surface area contributed by atoms with Crippen molar-refractivity contribution in [2.45, 2.75) is 37.3 Å². The second-order valence-electron chi connectivity index (χ2n) is 4.82. The summed E-state index contributed by atoms with van der Waals surface area (Å²) in [4.78, 5) is 2.73. The fourth-order valence-corrected chi connectivity index (χ4v) is 2.52. The fourth-order valence-electron chi connectivity index (χ4n) is 2.52. The van der Waals surface area contributed by atoms with Crippen molar-refractivity contribution < 1.29 is 19.3 Å². The van der Waals surface area contributed by atoms with Crippen LogP contribution in [0.4, 0.5) is 0 Å². The summed E-state index contributed by atoms with van der Waals surface area (Å²) in [7, 11) is 0. The Kier molecular flexibility index (Phi) is 3.86. The molecule has 1 aromatic carbocycles. The standard InChI is InChI=1S/C13H15N3O4/c14-16-15-10-11(17)12(9-7-19-13(10)20-9)18-6-8-4-2-1-3-5-8/h1-5,9-13,17H,6-7H2/t9-,10+,11-,12-,13-/m1/s1. The van der Waals surface area contributed by atoms with Gasteiger partial charge in [0.2, 0.25) is 0 Å². The van der Waals surface area contributed by atoms with Crippen molar-refractivity contribution in [3.63, 3.8) is 0 Å². The normalized spacial score (nSPS) is 35.5. The molecule has 7 heteroatoms. The van der Waals surface area contributed by atoms with Gasteiger partial charge in [-0.3, -0.25) is 0 Å². The van der Waals surface area contributed by atoms with Crippen LogP contribution in [0.1, 0.15) is 5.56 Å². The predicted octanol–water partition coefficient (Wildman–Crippen LogP) is 1.37. The van der Waals surface area contributed by atoms with Gasteiger partial charge < -0.3 is 19.3 Å². The number of fused-ring (bicyclic) bond motifs is 2. The molecule has 2 heterocycles. The average Bonchev–Trinajstić information content (AvgIpc) is 2.90. The van der Waals surface area contributed by atoms with Gasteiger partial charge in [0.15, 0.2) is 6.29 Å². The second-order valence-corrected chi connectivity index (χ2v) is 4.82. The van der Waals surface area contributed by atoms with Gasteiger partial charge in [-0.15, -0.1) is 0 Å². The van der Waals surface area contributed by atoms with Crippen molar-refractivity contribution >= 4 is 0 Å². The molecule has 2 saturated heterocycles. The van der Waals surface area contributed by atoms with E-state index in [0.717, 1.165) is 5.56 Å². The number of rotatable bonds is 4. The number of ether oxygens (including phenoxy) is 3. The van der Waals surface area contributed by atoms with E-state index >= 15 is 0 Å². The number of azide groups is 1. The highest BCUT2D eigenvalue weighted by molar-refractivity contribution is 5.13. The average molecular weight is 277 g/mol. The van der Waals surface area contributed by atoms with Crippen LogP contribution < -0.4 is 0 Å². The highest BCUT2D eigenvalue weighted by Crippen LogP contribution is 2.32. The van der Waals surface area contributed by atoms with Crippen molar-refractivity contribution in [3.8, 4) is 0 Å². The topological polar surface area (TPSA) is 96.7 Å².